The molecule has 6 nitrogen and oxygen atoms in total. The predicted octanol–water partition coefficient (Wildman–Crippen LogP) is 1.68. The molecule has 138 valence electrons. The molecule has 26 heavy (non-hydrogen) atoms. The number of amides is 3. The lowest BCUT2D eigenvalue weighted by molar-refractivity contribution is -0.138. The lowest BCUT2D eigenvalue weighted by atomic mass is 9.84. The van der Waals surface area contributed by atoms with Gasteiger partial charge in [0.2, 0.25) is 11.8 Å². The highest BCUT2D eigenvalue weighted by Gasteiger charge is 2.31. The Hall–Kier alpha value is -2.37. The Morgan fingerprint density at radius 3 is 2.46 bits per heavy atom. The number of carbonyl (C=O) groups is 3. The topological polar surface area (TPSA) is 60.9 Å². The summed E-state index contributed by atoms with van der Waals surface area (Å²) in [6, 6.07) is 5.51. The number of anilines is 1. The molecule has 1 saturated carbocycles. The minimum absolute atomic E-state index is 0.00672. The standard InChI is InChI=1S/C20H25N3O3/c1-21-17-7-6-15(12-16(17)13-18(21)24)20(26)23-9-3-8-22(10-11-23)19(25)14-4-2-5-14/h6-7,12,14H,2-5,8-11,13H2,1H3. The van der Waals surface area contributed by atoms with E-state index in [-0.39, 0.29) is 23.6 Å². The first-order valence-corrected chi connectivity index (χ1v) is 9.52. The molecule has 0 radical (unpaired) electrons. The van der Waals surface area contributed by atoms with Crippen molar-refractivity contribution in [1.82, 2.24) is 9.80 Å². The van der Waals surface area contributed by atoms with Gasteiger partial charge in [-0.1, -0.05) is 6.42 Å². The van der Waals surface area contributed by atoms with Crippen molar-refractivity contribution in [2.75, 3.05) is 38.1 Å². The summed E-state index contributed by atoms with van der Waals surface area (Å²) in [6.07, 6.45) is 4.36. The molecule has 1 aliphatic carbocycles. The summed E-state index contributed by atoms with van der Waals surface area (Å²) in [7, 11) is 1.76. The fourth-order valence-corrected chi connectivity index (χ4v) is 4.04. The number of benzene rings is 1. The van der Waals surface area contributed by atoms with Crippen LogP contribution < -0.4 is 4.90 Å². The normalized spacial score (nSPS) is 20.7. The Morgan fingerprint density at radius 2 is 1.73 bits per heavy atom. The maximum Gasteiger partial charge on any atom is 0.253 e. The number of hydrogen-bond donors (Lipinski definition) is 0. The molecule has 1 aromatic rings. The number of carbonyl (C=O) groups excluding carboxylic acids is 3. The van der Waals surface area contributed by atoms with Gasteiger partial charge in [0, 0.05) is 50.4 Å². The van der Waals surface area contributed by atoms with Gasteiger partial charge < -0.3 is 14.7 Å². The van der Waals surface area contributed by atoms with Gasteiger partial charge in [0.15, 0.2) is 0 Å². The largest absolute Gasteiger partial charge is 0.341 e. The van der Waals surface area contributed by atoms with Crippen LogP contribution in [0, 0.1) is 5.92 Å². The van der Waals surface area contributed by atoms with Crippen LogP contribution in [0.5, 0.6) is 0 Å². The summed E-state index contributed by atoms with van der Waals surface area (Å²) >= 11 is 0. The molecule has 0 aromatic heterocycles. The van der Waals surface area contributed by atoms with Crippen molar-refractivity contribution in [2.45, 2.75) is 32.1 Å². The van der Waals surface area contributed by atoms with E-state index in [1.165, 1.54) is 0 Å². The third-order valence-corrected chi connectivity index (χ3v) is 5.95. The molecule has 3 aliphatic rings. The van der Waals surface area contributed by atoms with Crippen molar-refractivity contribution in [3.05, 3.63) is 29.3 Å². The highest BCUT2D eigenvalue weighted by Crippen LogP contribution is 2.30. The summed E-state index contributed by atoms with van der Waals surface area (Å²) in [5.41, 5.74) is 2.44. The smallest absolute Gasteiger partial charge is 0.253 e. The molecule has 6 heteroatoms. The van der Waals surface area contributed by atoms with Crippen molar-refractivity contribution in [3.8, 4) is 0 Å². The highest BCUT2D eigenvalue weighted by molar-refractivity contribution is 6.03. The minimum Gasteiger partial charge on any atom is -0.341 e. The van der Waals surface area contributed by atoms with Gasteiger partial charge in [-0.2, -0.15) is 0 Å². The van der Waals surface area contributed by atoms with Gasteiger partial charge in [-0.3, -0.25) is 14.4 Å². The van der Waals surface area contributed by atoms with Crippen LogP contribution in [0.2, 0.25) is 0 Å². The molecule has 0 unspecified atom stereocenters. The zero-order chi connectivity index (χ0) is 18.3. The van der Waals surface area contributed by atoms with E-state index in [1.54, 1.807) is 18.0 Å². The Labute approximate surface area is 153 Å². The number of likely N-dealkylation sites (N-methyl/N-ethyl adjacent to an activating group) is 1. The van der Waals surface area contributed by atoms with Gasteiger partial charge in [-0.15, -0.1) is 0 Å². The number of nitrogens with zero attached hydrogens (tertiary/aromatic N) is 3. The van der Waals surface area contributed by atoms with E-state index >= 15 is 0 Å². The average Bonchev–Trinajstić information content (AvgIpc) is 2.77. The summed E-state index contributed by atoms with van der Waals surface area (Å²) in [6.45, 7) is 2.60. The summed E-state index contributed by atoms with van der Waals surface area (Å²) in [5, 5.41) is 0. The Bertz CT molecular complexity index is 757. The molecule has 4 rings (SSSR count). The predicted molar refractivity (Wildman–Crippen MR) is 98.0 cm³/mol. The van der Waals surface area contributed by atoms with E-state index in [2.05, 4.69) is 0 Å². The fourth-order valence-electron chi connectivity index (χ4n) is 4.04. The molecular formula is C20H25N3O3. The SMILES string of the molecule is CN1C(=O)Cc2cc(C(=O)N3CCCN(C(=O)C4CCC4)CC3)ccc21. The maximum absolute atomic E-state index is 12.9. The van der Waals surface area contributed by atoms with Gasteiger partial charge in [-0.05, 0) is 43.0 Å². The second-order valence-electron chi connectivity index (χ2n) is 7.57. The lowest BCUT2D eigenvalue weighted by Crippen LogP contribution is -2.41. The number of rotatable bonds is 2. The van der Waals surface area contributed by atoms with Crippen LogP contribution in [0.1, 0.15) is 41.6 Å². The van der Waals surface area contributed by atoms with Crippen LogP contribution in [0.4, 0.5) is 5.69 Å². The van der Waals surface area contributed by atoms with Crippen molar-refractivity contribution in [1.29, 1.82) is 0 Å². The molecule has 0 bridgehead atoms. The number of hydrogen-bond acceptors (Lipinski definition) is 3. The Morgan fingerprint density at radius 1 is 1.00 bits per heavy atom. The molecule has 2 heterocycles. The van der Waals surface area contributed by atoms with Gasteiger partial charge in [0.05, 0.1) is 6.42 Å². The van der Waals surface area contributed by atoms with Gasteiger partial charge in [0.25, 0.3) is 5.91 Å². The van der Waals surface area contributed by atoms with E-state index in [1.807, 2.05) is 21.9 Å². The van der Waals surface area contributed by atoms with Crippen LogP contribution in [0.25, 0.3) is 0 Å². The molecule has 1 aromatic carbocycles. The summed E-state index contributed by atoms with van der Waals surface area (Å²) in [4.78, 5) is 42.6. The molecule has 0 N–H and O–H groups in total. The van der Waals surface area contributed by atoms with Crippen molar-refractivity contribution < 1.29 is 14.4 Å². The highest BCUT2D eigenvalue weighted by atomic mass is 16.2. The average molecular weight is 355 g/mol. The van der Waals surface area contributed by atoms with E-state index in [4.69, 9.17) is 0 Å². The van der Waals surface area contributed by atoms with Crippen molar-refractivity contribution in [2.24, 2.45) is 5.92 Å². The first-order valence-electron chi connectivity index (χ1n) is 9.52. The first kappa shape index (κ1) is 17.1. The number of fused-ring (bicyclic) bond motifs is 1. The monoisotopic (exact) mass is 355 g/mol. The van der Waals surface area contributed by atoms with Gasteiger partial charge in [0.1, 0.15) is 0 Å². The van der Waals surface area contributed by atoms with E-state index in [0.29, 0.717) is 31.6 Å². The van der Waals surface area contributed by atoms with Crippen molar-refractivity contribution in [3.63, 3.8) is 0 Å². The van der Waals surface area contributed by atoms with E-state index in [9.17, 15) is 14.4 Å². The van der Waals surface area contributed by atoms with Crippen LogP contribution in [0.15, 0.2) is 18.2 Å². The molecular weight excluding hydrogens is 330 g/mol. The first-order chi connectivity index (χ1) is 12.5. The zero-order valence-corrected chi connectivity index (χ0v) is 15.2. The van der Waals surface area contributed by atoms with Crippen LogP contribution >= 0.6 is 0 Å². The van der Waals surface area contributed by atoms with Crippen LogP contribution in [-0.4, -0.2) is 60.7 Å². The minimum atomic E-state index is -0.00672. The molecule has 2 fully saturated rings. The molecule has 0 atom stereocenters. The maximum atomic E-state index is 12.9. The zero-order valence-electron chi connectivity index (χ0n) is 15.2. The Kier molecular flexibility index (Phi) is 4.42. The molecule has 3 amide bonds. The van der Waals surface area contributed by atoms with Gasteiger partial charge >= 0.3 is 0 Å². The fraction of sp³-hybridized carbons (Fsp3) is 0.550. The third-order valence-electron chi connectivity index (χ3n) is 5.95. The summed E-state index contributed by atoms with van der Waals surface area (Å²) < 4.78 is 0. The van der Waals surface area contributed by atoms with Crippen LogP contribution in [-0.2, 0) is 16.0 Å². The van der Waals surface area contributed by atoms with E-state index < -0.39 is 0 Å². The summed E-state index contributed by atoms with van der Waals surface area (Å²) in [5.74, 6) is 0.533. The van der Waals surface area contributed by atoms with Crippen molar-refractivity contribution >= 4 is 23.4 Å². The lowest BCUT2D eigenvalue weighted by Gasteiger charge is -2.31. The Balaban J connectivity index is 1.43. The van der Waals surface area contributed by atoms with Gasteiger partial charge in [-0.25, -0.2) is 0 Å². The quantitative estimate of drug-likeness (QED) is 0.811. The molecule has 2 aliphatic heterocycles. The van der Waals surface area contributed by atoms with E-state index in [0.717, 1.165) is 43.5 Å². The second-order valence-corrected chi connectivity index (χ2v) is 7.57. The third kappa shape index (κ3) is 2.97. The second kappa shape index (κ2) is 6.74. The molecule has 0 spiro atoms. The van der Waals surface area contributed by atoms with Crippen LogP contribution in [0.3, 0.4) is 0 Å². The molecule has 1 saturated heterocycles.